The molecule has 0 saturated heterocycles. The molecular formula is C13H13NOS. The number of hydrogen-bond acceptors (Lipinski definition) is 3. The van der Waals surface area contributed by atoms with Gasteiger partial charge in [-0.3, -0.25) is 9.78 Å². The predicted molar refractivity (Wildman–Crippen MR) is 66.9 cm³/mol. The molecule has 0 aliphatic rings. The van der Waals surface area contributed by atoms with Crippen LogP contribution in [0.15, 0.2) is 30.6 Å². The lowest BCUT2D eigenvalue weighted by atomic mass is 10.2. The van der Waals surface area contributed by atoms with Gasteiger partial charge in [-0.2, -0.15) is 0 Å². The van der Waals surface area contributed by atoms with Crippen molar-refractivity contribution in [1.29, 1.82) is 0 Å². The van der Waals surface area contributed by atoms with Gasteiger partial charge in [-0.15, -0.1) is 11.3 Å². The Labute approximate surface area is 99.0 Å². The summed E-state index contributed by atoms with van der Waals surface area (Å²) in [5, 5.41) is 0. The van der Waals surface area contributed by atoms with E-state index in [4.69, 9.17) is 0 Å². The molecule has 2 aromatic rings. The minimum atomic E-state index is 0.205. The zero-order valence-electron chi connectivity index (χ0n) is 9.36. The molecular weight excluding hydrogens is 218 g/mol. The number of Topliss-reactive ketones (excluding diaryl/α,β-unsaturated/α-hetero) is 1. The van der Waals surface area contributed by atoms with Crippen LogP contribution in [0.2, 0.25) is 0 Å². The lowest BCUT2D eigenvalue weighted by Gasteiger charge is -1.97. The third-order valence-corrected chi connectivity index (χ3v) is 3.54. The number of carbonyl (C=O) groups is 1. The van der Waals surface area contributed by atoms with Crippen molar-refractivity contribution >= 4 is 17.1 Å². The first-order valence-electron chi connectivity index (χ1n) is 5.25. The maximum Gasteiger partial charge on any atom is 0.172 e. The van der Waals surface area contributed by atoms with Crippen molar-refractivity contribution in [2.24, 2.45) is 0 Å². The minimum Gasteiger partial charge on any atom is -0.293 e. The van der Waals surface area contributed by atoms with Gasteiger partial charge in [0.05, 0.1) is 4.88 Å². The van der Waals surface area contributed by atoms with Gasteiger partial charge in [0.15, 0.2) is 5.78 Å². The first-order valence-corrected chi connectivity index (χ1v) is 6.07. The van der Waals surface area contributed by atoms with Crippen LogP contribution in [-0.2, 0) is 0 Å². The first kappa shape index (κ1) is 11.0. The fourth-order valence-electron chi connectivity index (χ4n) is 1.51. The van der Waals surface area contributed by atoms with Gasteiger partial charge in [-0.05, 0) is 30.7 Å². The fourth-order valence-corrected chi connectivity index (χ4v) is 2.50. The van der Waals surface area contributed by atoms with Crippen LogP contribution in [0.3, 0.4) is 0 Å². The number of rotatable bonds is 3. The first-order chi connectivity index (χ1) is 7.70. The van der Waals surface area contributed by atoms with Crippen LogP contribution in [0.5, 0.6) is 0 Å². The SMILES string of the molecule is CCC(=O)c1ccc(-c2cncc(C)c2)s1. The molecule has 0 saturated carbocycles. The number of aryl methyl sites for hydroxylation is 1. The topological polar surface area (TPSA) is 30.0 Å². The van der Waals surface area contributed by atoms with E-state index in [2.05, 4.69) is 11.1 Å². The molecule has 0 aliphatic carbocycles. The molecule has 2 nitrogen and oxygen atoms in total. The van der Waals surface area contributed by atoms with Crippen LogP contribution >= 0.6 is 11.3 Å². The second-order valence-corrected chi connectivity index (χ2v) is 4.78. The zero-order chi connectivity index (χ0) is 11.5. The van der Waals surface area contributed by atoms with Crippen molar-refractivity contribution in [3.05, 3.63) is 41.0 Å². The van der Waals surface area contributed by atoms with E-state index in [1.54, 1.807) is 0 Å². The lowest BCUT2D eigenvalue weighted by molar-refractivity contribution is 0.0992. The Bertz CT molecular complexity index is 516. The Morgan fingerprint density at radius 3 is 2.88 bits per heavy atom. The molecule has 0 N–H and O–H groups in total. The maximum absolute atomic E-state index is 11.5. The third-order valence-electron chi connectivity index (χ3n) is 2.36. The summed E-state index contributed by atoms with van der Waals surface area (Å²) in [6, 6.07) is 5.97. The molecule has 0 spiro atoms. The summed E-state index contributed by atoms with van der Waals surface area (Å²) in [7, 11) is 0. The minimum absolute atomic E-state index is 0.205. The van der Waals surface area contributed by atoms with Crippen LogP contribution in [-0.4, -0.2) is 10.8 Å². The number of nitrogens with zero attached hydrogens (tertiary/aromatic N) is 1. The highest BCUT2D eigenvalue weighted by Crippen LogP contribution is 2.28. The average Bonchev–Trinajstić information content (AvgIpc) is 2.77. The van der Waals surface area contributed by atoms with Crippen molar-refractivity contribution in [3.8, 4) is 10.4 Å². The molecule has 0 bridgehead atoms. The van der Waals surface area contributed by atoms with Crippen molar-refractivity contribution in [2.75, 3.05) is 0 Å². The molecule has 3 heteroatoms. The molecule has 82 valence electrons. The second-order valence-electron chi connectivity index (χ2n) is 3.69. The summed E-state index contributed by atoms with van der Waals surface area (Å²) in [6.45, 7) is 3.90. The average molecular weight is 231 g/mol. The van der Waals surface area contributed by atoms with Gasteiger partial charge in [-0.1, -0.05) is 6.92 Å². The van der Waals surface area contributed by atoms with Gasteiger partial charge in [0.2, 0.25) is 0 Å². The summed E-state index contributed by atoms with van der Waals surface area (Å²) in [6.07, 6.45) is 4.22. The number of aromatic nitrogens is 1. The maximum atomic E-state index is 11.5. The second kappa shape index (κ2) is 4.58. The standard InChI is InChI=1S/C13H13NOS/c1-3-11(15)13-5-4-12(16-13)10-6-9(2)7-14-8-10/h4-8H,3H2,1-2H3. The van der Waals surface area contributed by atoms with Crippen LogP contribution in [0.25, 0.3) is 10.4 Å². The molecule has 0 amide bonds. The van der Waals surface area contributed by atoms with E-state index in [0.29, 0.717) is 6.42 Å². The number of hydrogen-bond donors (Lipinski definition) is 0. The van der Waals surface area contributed by atoms with Gasteiger partial charge in [-0.25, -0.2) is 0 Å². The van der Waals surface area contributed by atoms with Crippen LogP contribution in [0.1, 0.15) is 28.6 Å². The van der Waals surface area contributed by atoms with Gasteiger partial charge in [0.1, 0.15) is 0 Å². The Kier molecular flexibility index (Phi) is 3.15. The molecule has 0 aliphatic heterocycles. The van der Waals surface area contributed by atoms with Crippen LogP contribution in [0.4, 0.5) is 0 Å². The highest BCUT2D eigenvalue weighted by molar-refractivity contribution is 7.17. The summed E-state index contributed by atoms with van der Waals surface area (Å²) in [5.41, 5.74) is 2.22. The van der Waals surface area contributed by atoms with E-state index in [-0.39, 0.29) is 5.78 Å². The Hall–Kier alpha value is -1.48. The van der Waals surface area contributed by atoms with E-state index in [1.165, 1.54) is 11.3 Å². The number of carbonyl (C=O) groups excluding carboxylic acids is 1. The summed E-state index contributed by atoms with van der Waals surface area (Å²) in [5.74, 6) is 0.205. The molecule has 0 unspecified atom stereocenters. The molecule has 0 atom stereocenters. The quantitative estimate of drug-likeness (QED) is 0.754. The van der Waals surface area contributed by atoms with Gasteiger partial charge in [0.25, 0.3) is 0 Å². The van der Waals surface area contributed by atoms with Crippen molar-refractivity contribution in [1.82, 2.24) is 4.98 Å². The largest absolute Gasteiger partial charge is 0.293 e. The summed E-state index contributed by atoms with van der Waals surface area (Å²) < 4.78 is 0. The number of pyridine rings is 1. The van der Waals surface area contributed by atoms with Gasteiger partial charge in [0, 0.05) is 29.3 Å². The van der Waals surface area contributed by atoms with E-state index in [1.807, 2.05) is 38.4 Å². The fraction of sp³-hybridized carbons (Fsp3) is 0.231. The van der Waals surface area contributed by atoms with Crippen molar-refractivity contribution in [2.45, 2.75) is 20.3 Å². The van der Waals surface area contributed by atoms with Crippen LogP contribution < -0.4 is 0 Å². The lowest BCUT2D eigenvalue weighted by Crippen LogP contribution is -1.90. The molecule has 2 heterocycles. The normalized spacial score (nSPS) is 10.4. The number of ketones is 1. The van der Waals surface area contributed by atoms with Gasteiger partial charge < -0.3 is 0 Å². The molecule has 0 aromatic carbocycles. The van der Waals surface area contributed by atoms with E-state index >= 15 is 0 Å². The highest BCUT2D eigenvalue weighted by Gasteiger charge is 2.08. The van der Waals surface area contributed by atoms with E-state index in [9.17, 15) is 4.79 Å². The smallest absolute Gasteiger partial charge is 0.172 e. The van der Waals surface area contributed by atoms with Crippen LogP contribution in [0, 0.1) is 6.92 Å². The van der Waals surface area contributed by atoms with E-state index in [0.717, 1.165) is 20.9 Å². The molecule has 0 radical (unpaired) electrons. The van der Waals surface area contributed by atoms with Crippen molar-refractivity contribution in [3.63, 3.8) is 0 Å². The van der Waals surface area contributed by atoms with Crippen molar-refractivity contribution < 1.29 is 4.79 Å². The molecule has 0 fully saturated rings. The highest BCUT2D eigenvalue weighted by atomic mass is 32.1. The third kappa shape index (κ3) is 2.19. The zero-order valence-corrected chi connectivity index (χ0v) is 10.2. The molecule has 2 rings (SSSR count). The molecule has 16 heavy (non-hydrogen) atoms. The summed E-state index contributed by atoms with van der Waals surface area (Å²) in [4.78, 5) is 17.6. The Morgan fingerprint density at radius 2 is 2.19 bits per heavy atom. The predicted octanol–water partition coefficient (Wildman–Crippen LogP) is 3.71. The Balaban J connectivity index is 2.35. The van der Waals surface area contributed by atoms with E-state index < -0.39 is 0 Å². The molecule has 2 aromatic heterocycles. The monoisotopic (exact) mass is 231 g/mol. The Morgan fingerprint density at radius 1 is 1.38 bits per heavy atom. The summed E-state index contributed by atoms with van der Waals surface area (Å²) >= 11 is 1.54. The van der Waals surface area contributed by atoms with Gasteiger partial charge >= 0.3 is 0 Å². The number of thiophene rings is 1.